The van der Waals surface area contributed by atoms with E-state index in [0.29, 0.717) is 5.56 Å². The maximum Gasteiger partial charge on any atom is 0.255 e. The van der Waals surface area contributed by atoms with Gasteiger partial charge in [0.25, 0.3) is 5.91 Å². The molecule has 2 aliphatic heterocycles. The number of hydrogen-bond acceptors (Lipinski definition) is 4. The zero-order chi connectivity index (χ0) is 16.7. The van der Waals surface area contributed by atoms with Gasteiger partial charge in [-0.05, 0) is 24.1 Å². The summed E-state index contributed by atoms with van der Waals surface area (Å²) in [7, 11) is 0. The minimum Gasteiger partial charge on any atom is -0.324 e. The van der Waals surface area contributed by atoms with Gasteiger partial charge in [-0.2, -0.15) is 0 Å². The van der Waals surface area contributed by atoms with Crippen LogP contribution in [0.3, 0.4) is 0 Å². The van der Waals surface area contributed by atoms with Crippen LogP contribution in [0.5, 0.6) is 0 Å². The van der Waals surface area contributed by atoms with Gasteiger partial charge in [0.15, 0.2) is 0 Å². The molecule has 4 amide bonds. The molecule has 2 N–H and O–H groups in total. The monoisotopic (exact) mass is 319 g/mol. The SMILES string of the molecule is CC(=O)Nc1cc2c(cc1F)C(=O)N(C1CCC(=O)NC1=O)C2. The number of rotatable bonds is 2. The molecule has 1 saturated heterocycles. The summed E-state index contributed by atoms with van der Waals surface area (Å²) >= 11 is 0. The lowest BCUT2D eigenvalue weighted by atomic mass is 10.0. The van der Waals surface area contributed by atoms with Crippen molar-refractivity contribution in [2.45, 2.75) is 32.4 Å². The number of halogens is 1. The van der Waals surface area contributed by atoms with Gasteiger partial charge in [0, 0.05) is 25.5 Å². The summed E-state index contributed by atoms with van der Waals surface area (Å²) < 4.78 is 14.0. The molecule has 0 aromatic heterocycles. The fraction of sp³-hybridized carbons (Fsp3) is 0.333. The average molecular weight is 319 g/mol. The molecule has 0 bridgehead atoms. The topological polar surface area (TPSA) is 95.6 Å². The van der Waals surface area contributed by atoms with E-state index in [1.54, 1.807) is 0 Å². The van der Waals surface area contributed by atoms with Crippen LogP contribution >= 0.6 is 0 Å². The number of amides is 4. The van der Waals surface area contributed by atoms with E-state index in [1.165, 1.54) is 17.9 Å². The second-order valence-corrected chi connectivity index (χ2v) is 5.57. The van der Waals surface area contributed by atoms with Crippen molar-refractivity contribution in [3.8, 4) is 0 Å². The third-order valence-corrected chi connectivity index (χ3v) is 3.92. The maximum atomic E-state index is 14.0. The Kier molecular flexibility index (Phi) is 3.59. The molecule has 2 heterocycles. The Labute approximate surface area is 130 Å². The number of benzene rings is 1. The van der Waals surface area contributed by atoms with Gasteiger partial charge in [0.2, 0.25) is 17.7 Å². The van der Waals surface area contributed by atoms with E-state index in [2.05, 4.69) is 10.6 Å². The van der Waals surface area contributed by atoms with Crippen LogP contribution in [0, 0.1) is 5.82 Å². The molecule has 120 valence electrons. The van der Waals surface area contributed by atoms with Crippen molar-refractivity contribution in [2.75, 3.05) is 5.32 Å². The van der Waals surface area contributed by atoms with Gasteiger partial charge < -0.3 is 10.2 Å². The lowest BCUT2D eigenvalue weighted by molar-refractivity contribution is -0.137. The smallest absolute Gasteiger partial charge is 0.255 e. The fourth-order valence-corrected chi connectivity index (χ4v) is 2.87. The van der Waals surface area contributed by atoms with Crippen LogP contribution in [-0.4, -0.2) is 34.6 Å². The minimum absolute atomic E-state index is 0.00539. The van der Waals surface area contributed by atoms with Crippen molar-refractivity contribution in [1.82, 2.24) is 10.2 Å². The van der Waals surface area contributed by atoms with E-state index < -0.39 is 29.6 Å². The predicted octanol–water partition coefficient (Wildman–Crippen LogP) is 0.545. The second-order valence-electron chi connectivity index (χ2n) is 5.57. The molecule has 3 rings (SSSR count). The molecular weight excluding hydrogens is 305 g/mol. The van der Waals surface area contributed by atoms with Gasteiger partial charge in [-0.3, -0.25) is 24.5 Å². The lowest BCUT2D eigenvalue weighted by Crippen LogP contribution is -2.52. The predicted molar refractivity (Wildman–Crippen MR) is 76.7 cm³/mol. The summed E-state index contributed by atoms with van der Waals surface area (Å²) in [5.74, 6) is -2.48. The second kappa shape index (κ2) is 5.45. The summed E-state index contributed by atoms with van der Waals surface area (Å²) in [5.41, 5.74) is 0.695. The van der Waals surface area contributed by atoms with Crippen molar-refractivity contribution in [3.63, 3.8) is 0 Å². The largest absolute Gasteiger partial charge is 0.324 e. The molecule has 0 spiro atoms. The Morgan fingerprint density at radius 1 is 1.35 bits per heavy atom. The van der Waals surface area contributed by atoms with Crippen LogP contribution in [-0.2, 0) is 20.9 Å². The van der Waals surface area contributed by atoms with Crippen molar-refractivity contribution in [2.24, 2.45) is 0 Å². The third kappa shape index (κ3) is 2.67. The highest BCUT2D eigenvalue weighted by Gasteiger charge is 2.39. The Morgan fingerprint density at radius 2 is 2.09 bits per heavy atom. The summed E-state index contributed by atoms with van der Waals surface area (Å²) in [6, 6.07) is 1.71. The Balaban J connectivity index is 1.88. The maximum absolute atomic E-state index is 14.0. The highest BCUT2D eigenvalue weighted by molar-refractivity contribution is 6.05. The summed E-state index contributed by atoms with van der Waals surface area (Å²) in [6.07, 6.45) is 0.396. The molecule has 8 heteroatoms. The van der Waals surface area contributed by atoms with Crippen LogP contribution in [0.4, 0.5) is 10.1 Å². The Hall–Kier alpha value is -2.77. The zero-order valence-electron chi connectivity index (χ0n) is 12.3. The van der Waals surface area contributed by atoms with Gasteiger partial charge in [-0.25, -0.2) is 4.39 Å². The normalized spacial score (nSPS) is 20.3. The molecule has 0 saturated carbocycles. The van der Waals surface area contributed by atoms with Crippen LogP contribution in [0.15, 0.2) is 12.1 Å². The molecule has 1 aromatic carbocycles. The number of hydrogen-bond donors (Lipinski definition) is 2. The number of piperidine rings is 1. The number of imide groups is 1. The molecule has 0 aliphatic carbocycles. The minimum atomic E-state index is -0.750. The first kappa shape index (κ1) is 15.1. The first-order valence-electron chi connectivity index (χ1n) is 7.11. The fourth-order valence-electron chi connectivity index (χ4n) is 2.87. The van der Waals surface area contributed by atoms with E-state index >= 15 is 0 Å². The third-order valence-electron chi connectivity index (χ3n) is 3.92. The Bertz CT molecular complexity index is 746. The number of anilines is 1. The molecule has 7 nitrogen and oxygen atoms in total. The van der Waals surface area contributed by atoms with Crippen molar-refractivity contribution in [1.29, 1.82) is 0 Å². The van der Waals surface area contributed by atoms with Crippen molar-refractivity contribution in [3.05, 3.63) is 29.1 Å². The highest BCUT2D eigenvalue weighted by Crippen LogP contribution is 2.31. The summed E-state index contributed by atoms with van der Waals surface area (Å²) in [6.45, 7) is 1.39. The average Bonchev–Trinajstić information content (AvgIpc) is 2.76. The van der Waals surface area contributed by atoms with Gasteiger partial charge in [-0.15, -0.1) is 0 Å². The first-order valence-corrected chi connectivity index (χ1v) is 7.11. The Morgan fingerprint density at radius 3 is 2.74 bits per heavy atom. The first-order chi connectivity index (χ1) is 10.9. The van der Waals surface area contributed by atoms with Gasteiger partial charge in [0.05, 0.1) is 5.69 Å². The van der Waals surface area contributed by atoms with E-state index in [9.17, 15) is 23.6 Å². The van der Waals surface area contributed by atoms with Crippen LogP contribution in [0.1, 0.15) is 35.7 Å². The summed E-state index contributed by atoms with van der Waals surface area (Å²) in [5, 5.41) is 4.56. The molecule has 2 aliphatic rings. The molecular formula is C15H14FN3O4. The molecule has 0 radical (unpaired) electrons. The molecule has 23 heavy (non-hydrogen) atoms. The molecule has 1 fully saturated rings. The van der Waals surface area contributed by atoms with E-state index in [1.807, 2.05) is 0 Å². The van der Waals surface area contributed by atoms with Gasteiger partial charge in [0.1, 0.15) is 11.9 Å². The number of fused-ring (bicyclic) bond motifs is 1. The van der Waals surface area contributed by atoms with E-state index in [4.69, 9.17) is 0 Å². The summed E-state index contributed by atoms with van der Waals surface area (Å²) in [4.78, 5) is 47.9. The van der Waals surface area contributed by atoms with Gasteiger partial charge in [-0.1, -0.05) is 0 Å². The molecule has 1 unspecified atom stereocenters. The van der Waals surface area contributed by atoms with Crippen molar-refractivity contribution < 1.29 is 23.6 Å². The number of carbonyl (C=O) groups is 4. The van der Waals surface area contributed by atoms with Crippen LogP contribution in [0.25, 0.3) is 0 Å². The van der Waals surface area contributed by atoms with Crippen molar-refractivity contribution >= 4 is 29.3 Å². The number of nitrogens with zero attached hydrogens (tertiary/aromatic N) is 1. The lowest BCUT2D eigenvalue weighted by Gasteiger charge is -2.29. The number of nitrogens with one attached hydrogen (secondary N) is 2. The van der Waals surface area contributed by atoms with E-state index in [-0.39, 0.29) is 36.5 Å². The van der Waals surface area contributed by atoms with Crippen LogP contribution < -0.4 is 10.6 Å². The van der Waals surface area contributed by atoms with Crippen LogP contribution in [0.2, 0.25) is 0 Å². The highest BCUT2D eigenvalue weighted by atomic mass is 19.1. The quantitative estimate of drug-likeness (QED) is 0.778. The zero-order valence-corrected chi connectivity index (χ0v) is 12.3. The number of carbonyl (C=O) groups excluding carboxylic acids is 4. The molecule has 1 aromatic rings. The standard InChI is InChI=1S/C15H14FN3O4/c1-7(20)17-11-4-8-6-19(15(23)9(8)5-10(11)16)12-2-3-13(21)18-14(12)22/h4-5,12H,2-3,6H2,1H3,(H,17,20)(H,18,21,22). The van der Waals surface area contributed by atoms with Gasteiger partial charge >= 0.3 is 0 Å². The molecule has 1 atom stereocenters. The van der Waals surface area contributed by atoms with E-state index in [0.717, 1.165) is 6.07 Å².